The molecule has 2 aromatic rings. The molecule has 0 amide bonds. The van der Waals surface area contributed by atoms with Crippen LogP contribution in [0.15, 0.2) is 24.5 Å². The lowest BCUT2D eigenvalue weighted by molar-refractivity contribution is 0.399. The van der Waals surface area contributed by atoms with Gasteiger partial charge in [-0.3, -0.25) is 4.68 Å². The summed E-state index contributed by atoms with van der Waals surface area (Å²) in [6, 6.07) is 3.84. The summed E-state index contributed by atoms with van der Waals surface area (Å²) in [6.45, 7) is 7.21. The van der Waals surface area contributed by atoms with Crippen LogP contribution in [0.25, 0.3) is 0 Å². The number of rotatable bonds is 4. The molecule has 0 aliphatic rings. The van der Waals surface area contributed by atoms with Crippen molar-refractivity contribution in [3.8, 4) is 5.88 Å². The van der Waals surface area contributed by atoms with Crippen molar-refractivity contribution in [2.45, 2.75) is 32.7 Å². The Hall–Kier alpha value is -2.04. The Morgan fingerprint density at radius 2 is 2.10 bits per heavy atom. The first-order valence-corrected chi connectivity index (χ1v) is 6.67. The van der Waals surface area contributed by atoms with Crippen LogP contribution in [-0.2, 0) is 19.0 Å². The highest BCUT2D eigenvalue weighted by Gasteiger charge is 2.21. The van der Waals surface area contributed by atoms with E-state index in [4.69, 9.17) is 4.74 Å². The fraction of sp³-hybridized carbons (Fsp3) is 0.467. The van der Waals surface area contributed by atoms with Gasteiger partial charge in [-0.2, -0.15) is 5.10 Å². The van der Waals surface area contributed by atoms with Crippen molar-refractivity contribution in [1.29, 1.82) is 0 Å². The Morgan fingerprint density at radius 1 is 1.35 bits per heavy atom. The Labute approximate surface area is 120 Å². The highest BCUT2D eigenvalue weighted by molar-refractivity contribution is 5.52. The predicted molar refractivity (Wildman–Crippen MR) is 80.0 cm³/mol. The molecule has 2 rings (SSSR count). The topological polar surface area (TPSA) is 52.0 Å². The van der Waals surface area contributed by atoms with Crippen LogP contribution in [-0.4, -0.2) is 21.9 Å². The zero-order valence-corrected chi connectivity index (χ0v) is 12.8. The molecule has 0 radical (unpaired) electrons. The van der Waals surface area contributed by atoms with Crippen molar-refractivity contribution in [3.63, 3.8) is 0 Å². The third-order valence-electron chi connectivity index (χ3n) is 3.05. The number of pyridine rings is 1. The van der Waals surface area contributed by atoms with E-state index >= 15 is 0 Å². The van der Waals surface area contributed by atoms with E-state index < -0.39 is 0 Å². The van der Waals surface area contributed by atoms with Crippen LogP contribution in [0.4, 0.5) is 5.69 Å². The van der Waals surface area contributed by atoms with Crippen LogP contribution in [0.5, 0.6) is 5.88 Å². The fourth-order valence-electron chi connectivity index (χ4n) is 2.18. The molecule has 1 N–H and O–H groups in total. The SMILES string of the molecule is COc1ncccc1NCc1cn(C)nc1C(C)(C)C. The third kappa shape index (κ3) is 3.10. The van der Waals surface area contributed by atoms with Crippen LogP contribution in [0.1, 0.15) is 32.0 Å². The molecule has 2 aromatic heterocycles. The van der Waals surface area contributed by atoms with Crippen LogP contribution in [0, 0.1) is 0 Å². The summed E-state index contributed by atoms with van der Waals surface area (Å²) in [4.78, 5) is 4.18. The molecule has 0 spiro atoms. The van der Waals surface area contributed by atoms with Gasteiger partial charge >= 0.3 is 0 Å². The zero-order chi connectivity index (χ0) is 14.8. The molecule has 0 aliphatic heterocycles. The van der Waals surface area contributed by atoms with Gasteiger partial charge in [-0.05, 0) is 12.1 Å². The van der Waals surface area contributed by atoms with Crippen LogP contribution < -0.4 is 10.1 Å². The lowest BCUT2D eigenvalue weighted by Crippen LogP contribution is -2.16. The number of ether oxygens (including phenoxy) is 1. The van der Waals surface area contributed by atoms with E-state index in [1.165, 1.54) is 5.56 Å². The van der Waals surface area contributed by atoms with E-state index in [9.17, 15) is 0 Å². The molecule has 108 valence electrons. The average molecular weight is 274 g/mol. The molecular formula is C15H22N4O. The van der Waals surface area contributed by atoms with Gasteiger partial charge in [0.05, 0.1) is 18.5 Å². The maximum atomic E-state index is 5.24. The summed E-state index contributed by atoms with van der Waals surface area (Å²) in [5, 5.41) is 7.93. The van der Waals surface area contributed by atoms with Crippen molar-refractivity contribution < 1.29 is 4.74 Å². The minimum absolute atomic E-state index is 0.0251. The summed E-state index contributed by atoms with van der Waals surface area (Å²) < 4.78 is 7.10. The lowest BCUT2D eigenvalue weighted by Gasteiger charge is -2.18. The minimum atomic E-state index is 0.0251. The molecular weight excluding hydrogens is 252 g/mol. The highest BCUT2D eigenvalue weighted by atomic mass is 16.5. The monoisotopic (exact) mass is 274 g/mol. The molecule has 2 heterocycles. The first-order valence-electron chi connectivity index (χ1n) is 6.67. The average Bonchev–Trinajstić information content (AvgIpc) is 2.78. The highest BCUT2D eigenvalue weighted by Crippen LogP contribution is 2.26. The number of hydrogen-bond acceptors (Lipinski definition) is 4. The maximum absolute atomic E-state index is 5.24. The predicted octanol–water partition coefficient (Wildman–Crippen LogP) is 2.73. The summed E-state index contributed by atoms with van der Waals surface area (Å²) in [5.74, 6) is 0.605. The van der Waals surface area contributed by atoms with Gasteiger partial charge in [-0.15, -0.1) is 0 Å². The van der Waals surface area contributed by atoms with Crippen LogP contribution in [0.2, 0.25) is 0 Å². The standard InChI is InChI=1S/C15H22N4O/c1-15(2,3)13-11(10-19(4)18-13)9-17-12-7-6-8-16-14(12)20-5/h6-8,10,17H,9H2,1-5H3. The molecule has 0 atom stereocenters. The number of aryl methyl sites for hydroxylation is 1. The van der Waals surface area contributed by atoms with E-state index in [0.717, 1.165) is 11.4 Å². The van der Waals surface area contributed by atoms with E-state index in [-0.39, 0.29) is 5.41 Å². The Balaban J connectivity index is 2.19. The van der Waals surface area contributed by atoms with Crippen molar-refractivity contribution >= 4 is 5.69 Å². The van der Waals surface area contributed by atoms with E-state index in [0.29, 0.717) is 12.4 Å². The number of hydrogen-bond donors (Lipinski definition) is 1. The fourth-order valence-corrected chi connectivity index (χ4v) is 2.18. The third-order valence-corrected chi connectivity index (χ3v) is 3.05. The number of methoxy groups -OCH3 is 1. The van der Waals surface area contributed by atoms with E-state index in [1.807, 2.05) is 23.9 Å². The van der Waals surface area contributed by atoms with Gasteiger partial charge < -0.3 is 10.1 Å². The van der Waals surface area contributed by atoms with Gasteiger partial charge in [0.15, 0.2) is 0 Å². The first kappa shape index (κ1) is 14.4. The van der Waals surface area contributed by atoms with Gasteiger partial charge in [0.1, 0.15) is 0 Å². The van der Waals surface area contributed by atoms with Gasteiger partial charge in [0.25, 0.3) is 0 Å². The quantitative estimate of drug-likeness (QED) is 0.931. The molecule has 0 aromatic carbocycles. The maximum Gasteiger partial charge on any atom is 0.237 e. The molecule has 0 bridgehead atoms. The smallest absolute Gasteiger partial charge is 0.237 e. The van der Waals surface area contributed by atoms with Crippen molar-refractivity contribution in [3.05, 3.63) is 35.8 Å². The lowest BCUT2D eigenvalue weighted by atomic mass is 9.89. The normalized spacial score (nSPS) is 11.4. The van der Waals surface area contributed by atoms with Gasteiger partial charge in [-0.25, -0.2) is 4.98 Å². The van der Waals surface area contributed by atoms with Gasteiger partial charge in [0.2, 0.25) is 5.88 Å². The summed E-state index contributed by atoms with van der Waals surface area (Å²) in [7, 11) is 3.57. The van der Waals surface area contributed by atoms with Crippen LogP contribution >= 0.6 is 0 Å². The second-order valence-corrected chi connectivity index (χ2v) is 5.84. The molecule has 5 heteroatoms. The summed E-state index contributed by atoms with van der Waals surface area (Å²) in [5.41, 5.74) is 3.21. The molecule has 20 heavy (non-hydrogen) atoms. The molecule has 0 aliphatic carbocycles. The molecule has 0 unspecified atom stereocenters. The second kappa shape index (κ2) is 5.53. The van der Waals surface area contributed by atoms with E-state index in [1.54, 1.807) is 13.3 Å². The van der Waals surface area contributed by atoms with Gasteiger partial charge in [0, 0.05) is 37.0 Å². The number of aromatic nitrogens is 3. The van der Waals surface area contributed by atoms with Crippen molar-refractivity contribution in [2.24, 2.45) is 7.05 Å². The Kier molecular flexibility index (Phi) is 3.97. The van der Waals surface area contributed by atoms with Crippen molar-refractivity contribution in [1.82, 2.24) is 14.8 Å². The number of nitrogens with one attached hydrogen (secondary N) is 1. The Bertz CT molecular complexity index is 584. The zero-order valence-electron chi connectivity index (χ0n) is 12.8. The second-order valence-electron chi connectivity index (χ2n) is 5.84. The van der Waals surface area contributed by atoms with Crippen LogP contribution in [0.3, 0.4) is 0 Å². The number of anilines is 1. The molecule has 0 saturated heterocycles. The van der Waals surface area contributed by atoms with E-state index in [2.05, 4.69) is 42.4 Å². The minimum Gasteiger partial charge on any atom is -0.480 e. The molecule has 0 fully saturated rings. The summed E-state index contributed by atoms with van der Waals surface area (Å²) >= 11 is 0. The Morgan fingerprint density at radius 3 is 2.75 bits per heavy atom. The summed E-state index contributed by atoms with van der Waals surface area (Å²) in [6.07, 6.45) is 3.77. The van der Waals surface area contributed by atoms with Gasteiger partial charge in [-0.1, -0.05) is 20.8 Å². The number of nitrogens with zero attached hydrogens (tertiary/aromatic N) is 3. The van der Waals surface area contributed by atoms with Crippen molar-refractivity contribution in [2.75, 3.05) is 12.4 Å². The first-order chi connectivity index (χ1) is 9.41. The largest absolute Gasteiger partial charge is 0.480 e. The molecule has 0 saturated carbocycles. The molecule has 5 nitrogen and oxygen atoms in total.